The van der Waals surface area contributed by atoms with E-state index in [9.17, 15) is 13.2 Å². The molecule has 0 aliphatic rings. The molecule has 0 heterocycles. The first-order valence-electron chi connectivity index (χ1n) is 6.68. The van der Waals surface area contributed by atoms with E-state index in [4.69, 9.17) is 16.7 Å². The van der Waals surface area contributed by atoms with Gasteiger partial charge in [0.25, 0.3) is 10.0 Å². The molecule has 0 fully saturated rings. The van der Waals surface area contributed by atoms with Gasteiger partial charge in [0, 0.05) is 9.92 Å². The maximum Gasteiger partial charge on any atom is 0.335 e. The molecule has 0 amide bonds. The first kappa shape index (κ1) is 18.4. The Morgan fingerprint density at radius 1 is 1.21 bits per heavy atom. The number of hydrogen-bond acceptors (Lipinski definition) is 4. The lowest BCUT2D eigenvalue weighted by Crippen LogP contribution is -2.10. The smallest absolute Gasteiger partial charge is 0.335 e. The second kappa shape index (κ2) is 7.74. The van der Waals surface area contributed by atoms with Crippen molar-refractivity contribution in [2.24, 2.45) is 0 Å². The van der Waals surface area contributed by atoms with Gasteiger partial charge in [-0.25, -0.2) is 13.2 Å². The van der Waals surface area contributed by atoms with Crippen LogP contribution in [0.15, 0.2) is 52.8 Å². The van der Waals surface area contributed by atoms with E-state index in [2.05, 4.69) is 4.72 Å². The van der Waals surface area contributed by atoms with Crippen LogP contribution in [-0.4, -0.2) is 25.7 Å². The maximum atomic E-state index is 12.2. The molecule has 8 heteroatoms. The number of carboxylic acid groups (broad SMARTS) is 1. The Balaban J connectivity index is 2.22. The lowest BCUT2D eigenvalue weighted by atomic mass is 10.2. The Bertz CT molecular complexity index is 877. The zero-order chi connectivity index (χ0) is 17.7. The van der Waals surface area contributed by atoms with Crippen molar-refractivity contribution in [2.45, 2.75) is 4.90 Å². The van der Waals surface area contributed by atoms with Crippen molar-refractivity contribution in [1.82, 2.24) is 0 Å². The highest BCUT2D eigenvalue weighted by molar-refractivity contribution is 7.99. The molecule has 0 saturated heterocycles. The van der Waals surface area contributed by atoms with Gasteiger partial charge in [0.2, 0.25) is 0 Å². The van der Waals surface area contributed by atoms with Crippen LogP contribution in [0.3, 0.4) is 0 Å². The number of hydrogen-bond donors (Lipinski definition) is 2. The van der Waals surface area contributed by atoms with Crippen LogP contribution in [-0.2, 0) is 10.0 Å². The third kappa shape index (κ3) is 5.02. The van der Waals surface area contributed by atoms with E-state index >= 15 is 0 Å². The number of rotatable bonds is 6. The Hall–Kier alpha value is -1.96. The Labute approximate surface area is 149 Å². The molecular formula is C16H14ClNO4S2. The Morgan fingerprint density at radius 3 is 2.46 bits per heavy atom. The summed E-state index contributed by atoms with van der Waals surface area (Å²) in [6, 6.07) is 10.9. The zero-order valence-corrected chi connectivity index (χ0v) is 15.0. The molecule has 0 unspecified atom stereocenters. The minimum Gasteiger partial charge on any atom is -0.478 e. The van der Waals surface area contributed by atoms with Crippen LogP contribution in [0, 0.1) is 0 Å². The fourth-order valence-corrected chi connectivity index (χ4v) is 3.50. The van der Waals surface area contributed by atoms with Crippen LogP contribution in [0.2, 0.25) is 5.02 Å². The van der Waals surface area contributed by atoms with Gasteiger partial charge in [-0.05, 0) is 48.2 Å². The molecule has 0 aliphatic carbocycles. The summed E-state index contributed by atoms with van der Waals surface area (Å²) in [5.41, 5.74) is 1.11. The van der Waals surface area contributed by atoms with Crippen molar-refractivity contribution in [2.75, 3.05) is 11.0 Å². The number of carbonyl (C=O) groups is 1. The van der Waals surface area contributed by atoms with E-state index in [-0.39, 0.29) is 5.56 Å². The summed E-state index contributed by atoms with van der Waals surface area (Å²) < 4.78 is 26.8. The van der Waals surface area contributed by atoms with Gasteiger partial charge in [0.05, 0.1) is 16.7 Å². The van der Waals surface area contributed by atoms with E-state index in [1.165, 1.54) is 36.0 Å². The lowest BCUT2D eigenvalue weighted by molar-refractivity contribution is 0.0696. The highest BCUT2D eigenvalue weighted by Crippen LogP contribution is 2.27. The molecule has 0 saturated carbocycles. The molecule has 2 aromatic rings. The van der Waals surface area contributed by atoms with Gasteiger partial charge in [-0.3, -0.25) is 4.72 Å². The molecule has 0 radical (unpaired) electrons. The Morgan fingerprint density at radius 2 is 1.88 bits per heavy atom. The highest BCUT2D eigenvalue weighted by atomic mass is 35.5. The molecule has 2 N–H and O–H groups in total. The summed E-state index contributed by atoms with van der Waals surface area (Å²) in [5.74, 6) is -1.07. The summed E-state index contributed by atoms with van der Waals surface area (Å²) in [6.45, 7) is 0. The molecule has 2 aromatic carbocycles. The molecule has 2 rings (SSSR count). The fraction of sp³-hybridized carbons (Fsp3) is 0.0625. The first-order chi connectivity index (χ1) is 11.3. The van der Waals surface area contributed by atoms with Crippen molar-refractivity contribution in [1.29, 1.82) is 0 Å². The molecule has 0 spiro atoms. The van der Waals surface area contributed by atoms with Crippen molar-refractivity contribution >= 4 is 51.1 Å². The van der Waals surface area contributed by atoms with Crippen LogP contribution in [0.25, 0.3) is 6.08 Å². The van der Waals surface area contributed by atoms with Gasteiger partial charge in [0.15, 0.2) is 0 Å². The molecule has 0 bridgehead atoms. The van der Waals surface area contributed by atoms with E-state index in [0.29, 0.717) is 21.2 Å². The zero-order valence-electron chi connectivity index (χ0n) is 12.6. The number of carboxylic acids is 1. The average Bonchev–Trinajstić information content (AvgIpc) is 2.54. The minimum absolute atomic E-state index is 0.0963. The predicted molar refractivity (Wildman–Crippen MR) is 98.2 cm³/mol. The van der Waals surface area contributed by atoms with Gasteiger partial charge in [0.1, 0.15) is 0 Å². The number of halogens is 1. The summed E-state index contributed by atoms with van der Waals surface area (Å²) in [4.78, 5) is 11.5. The van der Waals surface area contributed by atoms with Gasteiger partial charge in [-0.1, -0.05) is 23.7 Å². The largest absolute Gasteiger partial charge is 0.478 e. The fourth-order valence-electron chi connectivity index (χ4n) is 1.84. The monoisotopic (exact) mass is 383 g/mol. The van der Waals surface area contributed by atoms with Crippen molar-refractivity contribution < 1.29 is 18.3 Å². The van der Waals surface area contributed by atoms with Crippen LogP contribution >= 0.6 is 23.4 Å². The van der Waals surface area contributed by atoms with Gasteiger partial charge >= 0.3 is 5.97 Å². The van der Waals surface area contributed by atoms with Crippen molar-refractivity contribution in [3.63, 3.8) is 0 Å². The average molecular weight is 384 g/mol. The van der Waals surface area contributed by atoms with E-state index in [0.717, 1.165) is 5.41 Å². The van der Waals surface area contributed by atoms with E-state index < -0.39 is 16.0 Å². The first-order valence-corrected chi connectivity index (χ1v) is 9.83. The summed E-state index contributed by atoms with van der Waals surface area (Å²) >= 11 is 7.03. The van der Waals surface area contributed by atoms with Gasteiger partial charge in [-0.15, -0.1) is 11.8 Å². The number of anilines is 1. The van der Waals surface area contributed by atoms with Crippen LogP contribution in [0.4, 0.5) is 5.69 Å². The summed E-state index contributed by atoms with van der Waals surface area (Å²) in [5, 5.41) is 10.6. The Kier molecular flexibility index (Phi) is 5.93. The van der Waals surface area contributed by atoms with Gasteiger partial charge in [-0.2, -0.15) is 0 Å². The molecular weight excluding hydrogens is 370 g/mol. The number of nitrogens with one attached hydrogen (secondary N) is 1. The SMILES string of the molecule is CSc1cc(C(=O)O)ccc1NS(=O)(=O)/C=C\c1ccc(Cl)cc1. The van der Waals surface area contributed by atoms with E-state index in [1.54, 1.807) is 30.5 Å². The van der Waals surface area contributed by atoms with E-state index in [1.807, 2.05) is 0 Å². The summed E-state index contributed by atoms with van der Waals surface area (Å²) in [6.07, 6.45) is 3.19. The number of benzene rings is 2. The topological polar surface area (TPSA) is 83.5 Å². The molecule has 0 atom stereocenters. The second-order valence-corrected chi connectivity index (χ2v) is 7.57. The van der Waals surface area contributed by atoms with Crippen LogP contribution < -0.4 is 4.72 Å². The quantitative estimate of drug-likeness (QED) is 0.731. The minimum atomic E-state index is -3.73. The van der Waals surface area contributed by atoms with Crippen LogP contribution in [0.1, 0.15) is 15.9 Å². The molecule has 0 aromatic heterocycles. The number of aromatic carboxylic acids is 1. The third-order valence-corrected chi connectivity index (χ3v) is 5.04. The molecule has 126 valence electrons. The van der Waals surface area contributed by atoms with Gasteiger partial charge < -0.3 is 5.11 Å². The second-order valence-electron chi connectivity index (χ2n) is 4.72. The predicted octanol–water partition coefficient (Wildman–Crippen LogP) is 4.17. The van der Waals surface area contributed by atoms with Crippen molar-refractivity contribution in [3.05, 3.63) is 64.0 Å². The number of sulfonamides is 1. The normalized spacial score (nSPS) is 11.6. The molecule has 5 nitrogen and oxygen atoms in total. The third-order valence-electron chi connectivity index (χ3n) is 3.01. The van der Waals surface area contributed by atoms with Crippen LogP contribution in [0.5, 0.6) is 0 Å². The number of thioether (sulfide) groups is 1. The standard InChI is InChI=1S/C16H14ClNO4S2/c1-23-15-10-12(16(19)20)4-7-14(15)18-24(21,22)9-8-11-2-5-13(17)6-3-11/h2-10,18H,1H3,(H,19,20)/b9-8-. The molecule has 24 heavy (non-hydrogen) atoms. The van der Waals surface area contributed by atoms with Crippen molar-refractivity contribution in [3.8, 4) is 0 Å². The lowest BCUT2D eigenvalue weighted by Gasteiger charge is -2.10. The molecule has 0 aliphatic heterocycles. The maximum absolute atomic E-state index is 12.2. The highest BCUT2D eigenvalue weighted by Gasteiger charge is 2.12. The summed E-state index contributed by atoms with van der Waals surface area (Å²) in [7, 11) is -3.73.